The van der Waals surface area contributed by atoms with Crippen molar-refractivity contribution < 1.29 is 9.53 Å². The molecule has 0 aromatic carbocycles. The van der Waals surface area contributed by atoms with Crippen LogP contribution in [0, 0.1) is 0 Å². The van der Waals surface area contributed by atoms with Crippen LogP contribution < -0.4 is 0 Å². The summed E-state index contributed by atoms with van der Waals surface area (Å²) >= 11 is 0. The first-order valence-corrected chi connectivity index (χ1v) is 7.31. The number of piperidine rings is 1. The van der Waals surface area contributed by atoms with E-state index in [1.807, 2.05) is 6.92 Å². The van der Waals surface area contributed by atoms with Gasteiger partial charge in [0.05, 0.1) is 0 Å². The van der Waals surface area contributed by atoms with E-state index in [0.29, 0.717) is 25.7 Å². The van der Waals surface area contributed by atoms with E-state index >= 15 is 0 Å². The first-order valence-electron chi connectivity index (χ1n) is 7.31. The van der Waals surface area contributed by atoms with Crippen LogP contribution in [0.2, 0.25) is 0 Å². The summed E-state index contributed by atoms with van der Waals surface area (Å²) < 4.78 is 5.47. The first-order chi connectivity index (χ1) is 8.45. The molecule has 106 valence electrons. The van der Waals surface area contributed by atoms with Crippen molar-refractivity contribution in [1.82, 2.24) is 4.90 Å². The van der Waals surface area contributed by atoms with Gasteiger partial charge in [0.1, 0.15) is 6.61 Å². The zero-order chi connectivity index (χ0) is 13.6. The quantitative estimate of drug-likeness (QED) is 0.683. The van der Waals surface area contributed by atoms with Crippen molar-refractivity contribution in [3.05, 3.63) is 0 Å². The molecule has 0 saturated carbocycles. The molecule has 0 radical (unpaired) electrons. The fraction of sp³-hybridized carbons (Fsp3) is 0.933. The van der Waals surface area contributed by atoms with Gasteiger partial charge in [0, 0.05) is 24.6 Å². The van der Waals surface area contributed by atoms with Crippen LogP contribution in [0.15, 0.2) is 0 Å². The summed E-state index contributed by atoms with van der Waals surface area (Å²) in [4.78, 5) is 13.7. The average molecular weight is 255 g/mol. The molecule has 0 N–H and O–H groups in total. The largest absolute Gasteiger partial charge is 0.374 e. The van der Waals surface area contributed by atoms with Crippen LogP contribution in [0.1, 0.15) is 59.8 Å². The molecular formula is C15H29NO2. The van der Waals surface area contributed by atoms with E-state index in [-0.39, 0.29) is 11.3 Å². The Kier molecular flexibility index (Phi) is 6.30. The molecule has 3 nitrogen and oxygen atoms in total. The Labute approximate surface area is 112 Å². The standard InChI is InChI=1S/C15H29NO2/c1-5-14(17)12-18-11-9-13-8-6-7-10-16(13)15(2,3)4/h13H,5-12H2,1-4H3. The second-order valence-electron chi connectivity index (χ2n) is 6.25. The van der Waals surface area contributed by atoms with Gasteiger partial charge in [-0.1, -0.05) is 13.3 Å². The summed E-state index contributed by atoms with van der Waals surface area (Å²) in [6.07, 6.45) is 5.53. The summed E-state index contributed by atoms with van der Waals surface area (Å²) in [5, 5.41) is 0. The van der Waals surface area contributed by atoms with E-state index in [2.05, 4.69) is 25.7 Å². The normalized spacial score (nSPS) is 22.1. The van der Waals surface area contributed by atoms with E-state index in [9.17, 15) is 4.79 Å². The van der Waals surface area contributed by atoms with Crippen LogP contribution >= 0.6 is 0 Å². The zero-order valence-corrected chi connectivity index (χ0v) is 12.5. The van der Waals surface area contributed by atoms with Crippen LogP contribution in [0.4, 0.5) is 0 Å². The highest BCUT2D eigenvalue weighted by Crippen LogP contribution is 2.27. The highest BCUT2D eigenvalue weighted by atomic mass is 16.5. The number of hydrogen-bond acceptors (Lipinski definition) is 3. The summed E-state index contributed by atoms with van der Waals surface area (Å²) in [5.74, 6) is 0.200. The van der Waals surface area contributed by atoms with E-state index < -0.39 is 0 Å². The smallest absolute Gasteiger partial charge is 0.158 e. The molecule has 1 aliphatic heterocycles. The lowest BCUT2D eigenvalue weighted by Gasteiger charge is -2.44. The molecule has 1 rings (SSSR count). The molecule has 0 spiro atoms. The molecule has 1 atom stereocenters. The molecule has 0 aliphatic carbocycles. The molecular weight excluding hydrogens is 226 g/mol. The number of ether oxygens (including phenoxy) is 1. The molecule has 1 aliphatic rings. The number of nitrogens with zero attached hydrogens (tertiary/aromatic N) is 1. The van der Waals surface area contributed by atoms with E-state index in [4.69, 9.17) is 4.74 Å². The Morgan fingerprint density at radius 3 is 2.67 bits per heavy atom. The van der Waals surface area contributed by atoms with Crippen molar-refractivity contribution in [2.75, 3.05) is 19.8 Å². The Balaban J connectivity index is 2.32. The summed E-state index contributed by atoms with van der Waals surface area (Å²) in [5.41, 5.74) is 0.240. The lowest BCUT2D eigenvalue weighted by Crippen LogP contribution is -2.51. The van der Waals surface area contributed by atoms with Gasteiger partial charge in [0.25, 0.3) is 0 Å². The van der Waals surface area contributed by atoms with Gasteiger partial charge in [0.2, 0.25) is 0 Å². The maximum atomic E-state index is 11.2. The van der Waals surface area contributed by atoms with E-state index in [1.54, 1.807) is 0 Å². The predicted molar refractivity (Wildman–Crippen MR) is 74.8 cm³/mol. The van der Waals surface area contributed by atoms with Gasteiger partial charge in [0.15, 0.2) is 5.78 Å². The maximum absolute atomic E-state index is 11.2. The third-order valence-corrected chi connectivity index (χ3v) is 3.74. The number of likely N-dealkylation sites (tertiary alicyclic amines) is 1. The van der Waals surface area contributed by atoms with Crippen LogP contribution in [-0.4, -0.2) is 42.0 Å². The van der Waals surface area contributed by atoms with Gasteiger partial charge in [-0.15, -0.1) is 0 Å². The lowest BCUT2D eigenvalue weighted by molar-refractivity contribution is -0.123. The van der Waals surface area contributed by atoms with Gasteiger partial charge < -0.3 is 4.74 Å². The first kappa shape index (κ1) is 15.6. The average Bonchev–Trinajstić information content (AvgIpc) is 2.33. The van der Waals surface area contributed by atoms with Crippen molar-refractivity contribution in [2.45, 2.75) is 71.4 Å². The fourth-order valence-corrected chi connectivity index (χ4v) is 2.69. The molecule has 0 amide bonds. The number of ketones is 1. The summed E-state index contributed by atoms with van der Waals surface area (Å²) in [7, 11) is 0. The maximum Gasteiger partial charge on any atom is 0.158 e. The number of carbonyl (C=O) groups excluding carboxylic acids is 1. The monoisotopic (exact) mass is 255 g/mol. The lowest BCUT2D eigenvalue weighted by atomic mass is 9.93. The topological polar surface area (TPSA) is 29.5 Å². The molecule has 0 bridgehead atoms. The number of carbonyl (C=O) groups is 1. The van der Waals surface area contributed by atoms with Crippen LogP contribution in [0.25, 0.3) is 0 Å². The summed E-state index contributed by atoms with van der Waals surface area (Å²) in [6.45, 7) is 10.9. The third kappa shape index (κ3) is 5.07. The number of Topliss-reactive ketones (excluding diaryl/α,β-unsaturated/α-hetero) is 1. The zero-order valence-electron chi connectivity index (χ0n) is 12.5. The Hall–Kier alpha value is -0.410. The predicted octanol–water partition coefficient (Wildman–Crippen LogP) is 3.03. The molecule has 0 aromatic rings. The second-order valence-corrected chi connectivity index (χ2v) is 6.25. The van der Waals surface area contributed by atoms with E-state index in [0.717, 1.165) is 6.42 Å². The molecule has 1 saturated heterocycles. The van der Waals surface area contributed by atoms with Gasteiger partial charge in [-0.2, -0.15) is 0 Å². The molecule has 0 aromatic heterocycles. The van der Waals surface area contributed by atoms with Crippen LogP contribution in [0.5, 0.6) is 0 Å². The van der Waals surface area contributed by atoms with Gasteiger partial charge in [-0.25, -0.2) is 0 Å². The van der Waals surface area contributed by atoms with Crippen LogP contribution in [0.3, 0.4) is 0 Å². The minimum atomic E-state index is 0.200. The second kappa shape index (κ2) is 7.25. The molecule has 1 unspecified atom stereocenters. The van der Waals surface area contributed by atoms with Crippen molar-refractivity contribution in [3.63, 3.8) is 0 Å². The van der Waals surface area contributed by atoms with Crippen molar-refractivity contribution >= 4 is 5.78 Å². The van der Waals surface area contributed by atoms with E-state index in [1.165, 1.54) is 25.8 Å². The molecule has 1 fully saturated rings. The Bertz CT molecular complexity index is 258. The van der Waals surface area contributed by atoms with Gasteiger partial charge in [-0.05, 0) is 46.6 Å². The van der Waals surface area contributed by atoms with Crippen LogP contribution in [-0.2, 0) is 9.53 Å². The number of hydrogen-bond donors (Lipinski definition) is 0. The third-order valence-electron chi connectivity index (χ3n) is 3.74. The minimum absolute atomic E-state index is 0.200. The van der Waals surface area contributed by atoms with Gasteiger partial charge >= 0.3 is 0 Å². The minimum Gasteiger partial charge on any atom is -0.374 e. The Morgan fingerprint density at radius 2 is 2.06 bits per heavy atom. The van der Waals surface area contributed by atoms with Crippen molar-refractivity contribution in [3.8, 4) is 0 Å². The molecule has 18 heavy (non-hydrogen) atoms. The highest BCUT2D eigenvalue weighted by Gasteiger charge is 2.30. The fourth-order valence-electron chi connectivity index (χ4n) is 2.69. The van der Waals surface area contributed by atoms with Crippen molar-refractivity contribution in [2.24, 2.45) is 0 Å². The molecule has 1 heterocycles. The SMILES string of the molecule is CCC(=O)COCCC1CCCCN1C(C)(C)C. The molecule has 3 heteroatoms. The summed E-state index contributed by atoms with van der Waals surface area (Å²) in [6, 6.07) is 0.621. The Morgan fingerprint density at radius 1 is 1.33 bits per heavy atom. The van der Waals surface area contributed by atoms with Gasteiger partial charge in [-0.3, -0.25) is 9.69 Å². The number of rotatable bonds is 6. The van der Waals surface area contributed by atoms with Crippen molar-refractivity contribution in [1.29, 1.82) is 0 Å². The highest BCUT2D eigenvalue weighted by molar-refractivity contribution is 5.79.